The summed E-state index contributed by atoms with van der Waals surface area (Å²) in [6.07, 6.45) is 2.45. The number of aliphatic hydroxyl groups excluding tert-OH is 1. The van der Waals surface area contributed by atoms with Crippen molar-refractivity contribution in [2.24, 2.45) is 0 Å². The highest BCUT2D eigenvalue weighted by Gasteiger charge is 2.44. The highest BCUT2D eigenvalue weighted by molar-refractivity contribution is 6.00. The normalized spacial score (nSPS) is 28.0. The topological polar surface area (TPSA) is 87.2 Å². The molecule has 0 unspecified atom stereocenters. The van der Waals surface area contributed by atoms with Gasteiger partial charge in [-0.2, -0.15) is 0 Å². The van der Waals surface area contributed by atoms with Crippen molar-refractivity contribution in [3.05, 3.63) is 29.3 Å². The molecule has 7 heteroatoms. The maximum absolute atomic E-state index is 13.0. The van der Waals surface area contributed by atoms with E-state index in [0.717, 1.165) is 12.0 Å². The number of fused-ring (bicyclic) bond motifs is 1. The second kappa shape index (κ2) is 8.02. The molecule has 1 N–H and O–H groups in total. The van der Waals surface area contributed by atoms with Crippen LogP contribution in [-0.2, 0) is 9.59 Å². The molecule has 0 saturated carbocycles. The number of likely N-dealkylation sites (tertiary alicyclic amines) is 2. The van der Waals surface area contributed by atoms with Crippen molar-refractivity contribution >= 4 is 17.6 Å². The van der Waals surface area contributed by atoms with Gasteiger partial charge in [-0.3, -0.25) is 14.4 Å². The van der Waals surface area contributed by atoms with Crippen LogP contribution in [0.5, 0.6) is 5.75 Å². The first kappa shape index (κ1) is 20.8. The number of amides is 2. The zero-order valence-corrected chi connectivity index (χ0v) is 17.7. The lowest BCUT2D eigenvalue weighted by molar-refractivity contribution is -0.146. The van der Waals surface area contributed by atoms with E-state index in [4.69, 9.17) is 4.74 Å². The Morgan fingerprint density at radius 2 is 2.07 bits per heavy atom. The third-order valence-electron chi connectivity index (χ3n) is 6.70. The molecule has 1 aromatic carbocycles. The Morgan fingerprint density at radius 1 is 1.27 bits per heavy atom. The molecule has 1 spiro atoms. The molecule has 0 bridgehead atoms. The molecule has 1 aromatic rings. The fourth-order valence-electron chi connectivity index (χ4n) is 4.90. The van der Waals surface area contributed by atoms with Crippen LogP contribution in [0.2, 0.25) is 0 Å². The number of carbonyl (C=O) groups is 3. The summed E-state index contributed by atoms with van der Waals surface area (Å²) in [6, 6.07) is 5.02. The summed E-state index contributed by atoms with van der Waals surface area (Å²) in [7, 11) is 0. The van der Waals surface area contributed by atoms with Crippen LogP contribution in [0.1, 0.15) is 61.4 Å². The minimum absolute atomic E-state index is 0.0484. The number of benzene rings is 1. The smallest absolute Gasteiger partial charge is 0.245 e. The SMILES string of the molecule is Cc1ccc2c(c1)C(=O)C[C@@]1(CCC(=O)N([C@H](C)C(=O)N3CCC[C@H](O)C3)CC1)O2. The Balaban J connectivity index is 1.48. The van der Waals surface area contributed by atoms with Crippen molar-refractivity contribution in [3.63, 3.8) is 0 Å². The van der Waals surface area contributed by atoms with Gasteiger partial charge in [0.2, 0.25) is 11.8 Å². The Morgan fingerprint density at radius 3 is 2.83 bits per heavy atom. The van der Waals surface area contributed by atoms with Crippen LogP contribution in [0.4, 0.5) is 0 Å². The van der Waals surface area contributed by atoms with Gasteiger partial charge in [0.15, 0.2) is 5.78 Å². The van der Waals surface area contributed by atoms with E-state index in [1.165, 1.54) is 0 Å². The second-order valence-corrected chi connectivity index (χ2v) is 8.98. The fraction of sp³-hybridized carbons (Fsp3) is 0.609. The van der Waals surface area contributed by atoms with Crippen LogP contribution < -0.4 is 4.74 Å². The Kier molecular flexibility index (Phi) is 5.57. The number of carbonyl (C=O) groups excluding carboxylic acids is 3. The summed E-state index contributed by atoms with van der Waals surface area (Å²) in [5.41, 5.74) is 0.924. The van der Waals surface area contributed by atoms with Crippen molar-refractivity contribution in [3.8, 4) is 5.75 Å². The van der Waals surface area contributed by atoms with Crippen LogP contribution in [-0.4, -0.2) is 69.9 Å². The lowest BCUT2D eigenvalue weighted by Crippen LogP contribution is -2.52. The van der Waals surface area contributed by atoms with Crippen LogP contribution >= 0.6 is 0 Å². The molecule has 3 aliphatic heterocycles. The van der Waals surface area contributed by atoms with Crippen LogP contribution in [0, 0.1) is 6.92 Å². The Bertz CT molecular complexity index is 869. The molecule has 2 amide bonds. The van der Waals surface area contributed by atoms with Gasteiger partial charge in [0.05, 0.1) is 18.1 Å². The molecule has 30 heavy (non-hydrogen) atoms. The monoisotopic (exact) mass is 414 g/mol. The predicted octanol–water partition coefficient (Wildman–Crippen LogP) is 2.08. The number of ketones is 1. The number of rotatable bonds is 2. The highest BCUT2D eigenvalue weighted by Crippen LogP contribution is 2.40. The third kappa shape index (κ3) is 3.95. The second-order valence-electron chi connectivity index (χ2n) is 8.98. The van der Waals surface area contributed by atoms with E-state index in [1.807, 2.05) is 25.1 Å². The van der Waals surface area contributed by atoms with Gasteiger partial charge in [-0.05, 0) is 45.2 Å². The van der Waals surface area contributed by atoms with Gasteiger partial charge in [0.25, 0.3) is 0 Å². The molecule has 3 atom stereocenters. The van der Waals surface area contributed by atoms with E-state index in [0.29, 0.717) is 50.2 Å². The van der Waals surface area contributed by atoms with E-state index in [1.54, 1.807) is 16.7 Å². The number of Topliss-reactive ketones (excluding diaryl/α,β-unsaturated/α-hetero) is 1. The predicted molar refractivity (Wildman–Crippen MR) is 110 cm³/mol. The van der Waals surface area contributed by atoms with Crippen molar-refractivity contribution in [2.75, 3.05) is 19.6 Å². The summed E-state index contributed by atoms with van der Waals surface area (Å²) in [4.78, 5) is 41.9. The lowest BCUT2D eigenvalue weighted by atomic mass is 9.84. The van der Waals surface area contributed by atoms with Gasteiger partial charge in [-0.15, -0.1) is 0 Å². The molecule has 4 rings (SSSR count). The van der Waals surface area contributed by atoms with E-state index in [2.05, 4.69) is 0 Å². The maximum atomic E-state index is 13.0. The largest absolute Gasteiger partial charge is 0.486 e. The zero-order valence-electron chi connectivity index (χ0n) is 17.7. The highest BCUT2D eigenvalue weighted by atomic mass is 16.5. The van der Waals surface area contributed by atoms with Gasteiger partial charge in [-0.25, -0.2) is 0 Å². The molecular formula is C23H30N2O5. The number of hydrogen-bond acceptors (Lipinski definition) is 5. The Hall–Kier alpha value is -2.41. The number of hydrogen-bond donors (Lipinski definition) is 1. The maximum Gasteiger partial charge on any atom is 0.245 e. The molecule has 3 aliphatic rings. The minimum Gasteiger partial charge on any atom is -0.486 e. The van der Waals surface area contributed by atoms with Crippen molar-refractivity contribution < 1.29 is 24.2 Å². The van der Waals surface area contributed by atoms with Crippen LogP contribution in [0.25, 0.3) is 0 Å². The molecule has 0 aromatic heterocycles. The molecule has 7 nitrogen and oxygen atoms in total. The molecule has 0 radical (unpaired) electrons. The third-order valence-corrected chi connectivity index (χ3v) is 6.70. The van der Waals surface area contributed by atoms with E-state index in [-0.39, 0.29) is 30.4 Å². The summed E-state index contributed by atoms with van der Waals surface area (Å²) in [5, 5.41) is 9.88. The van der Waals surface area contributed by atoms with Gasteiger partial charge >= 0.3 is 0 Å². The number of ether oxygens (including phenoxy) is 1. The average Bonchev–Trinajstić information content (AvgIpc) is 2.87. The molecule has 2 saturated heterocycles. The molecule has 3 heterocycles. The quantitative estimate of drug-likeness (QED) is 0.801. The van der Waals surface area contributed by atoms with Crippen molar-refractivity contribution in [1.29, 1.82) is 0 Å². The van der Waals surface area contributed by atoms with Crippen molar-refractivity contribution in [2.45, 2.75) is 70.1 Å². The number of aryl methyl sites for hydroxylation is 1. The number of β-amino-alcohol motifs (C(OH)–C–C–N with tert-alkyl or cyclic N) is 1. The number of nitrogens with zero attached hydrogens (tertiary/aromatic N) is 2. The lowest BCUT2D eigenvalue weighted by Gasteiger charge is -2.38. The average molecular weight is 415 g/mol. The fourth-order valence-corrected chi connectivity index (χ4v) is 4.90. The van der Waals surface area contributed by atoms with Crippen LogP contribution in [0.3, 0.4) is 0 Å². The molecule has 0 aliphatic carbocycles. The zero-order chi connectivity index (χ0) is 21.5. The van der Waals surface area contributed by atoms with E-state index < -0.39 is 17.7 Å². The first-order chi connectivity index (χ1) is 14.3. The van der Waals surface area contributed by atoms with Crippen LogP contribution in [0.15, 0.2) is 18.2 Å². The first-order valence-corrected chi connectivity index (χ1v) is 10.9. The van der Waals surface area contributed by atoms with E-state index in [9.17, 15) is 19.5 Å². The van der Waals surface area contributed by atoms with Crippen molar-refractivity contribution in [1.82, 2.24) is 9.80 Å². The van der Waals surface area contributed by atoms with Gasteiger partial charge in [-0.1, -0.05) is 11.6 Å². The first-order valence-electron chi connectivity index (χ1n) is 10.9. The number of piperidine rings is 1. The summed E-state index contributed by atoms with van der Waals surface area (Å²) >= 11 is 0. The Labute approximate surface area is 177 Å². The van der Waals surface area contributed by atoms with Gasteiger partial charge in [0, 0.05) is 32.5 Å². The standard InChI is InChI=1S/C23H30N2O5/c1-15-5-6-20-18(12-15)19(27)13-23(30-20)8-7-21(28)25(11-9-23)16(2)22(29)24-10-3-4-17(26)14-24/h5-6,12,16-17,26H,3-4,7-11,13-14H2,1-2H3/t16-,17+,23+/m1/s1. The minimum atomic E-state index is -0.701. The van der Waals surface area contributed by atoms with Gasteiger partial charge < -0.3 is 19.6 Å². The molecular weight excluding hydrogens is 384 g/mol. The summed E-state index contributed by atoms with van der Waals surface area (Å²) in [6.45, 7) is 5.00. The molecule has 162 valence electrons. The number of aliphatic hydroxyl groups is 1. The van der Waals surface area contributed by atoms with Gasteiger partial charge in [0.1, 0.15) is 17.4 Å². The summed E-state index contributed by atoms with van der Waals surface area (Å²) in [5.74, 6) is 0.423. The summed E-state index contributed by atoms with van der Waals surface area (Å²) < 4.78 is 6.30. The van der Waals surface area contributed by atoms with E-state index >= 15 is 0 Å². The molecule has 2 fully saturated rings.